The number of rotatable bonds is 4. The maximum atomic E-state index is 11.9. The first-order valence-electron chi connectivity index (χ1n) is 6.85. The van der Waals surface area contributed by atoms with Crippen LogP contribution in [0.2, 0.25) is 5.02 Å². The summed E-state index contributed by atoms with van der Waals surface area (Å²) in [5, 5.41) is 5.89. The van der Waals surface area contributed by atoms with E-state index in [4.69, 9.17) is 21.1 Å². The second-order valence-corrected chi connectivity index (χ2v) is 5.28. The molecule has 2 aromatic rings. The largest absolute Gasteiger partial charge is 0.484 e. The van der Waals surface area contributed by atoms with Gasteiger partial charge in [0.25, 0.3) is 11.8 Å². The Hall–Kier alpha value is -2.73. The molecule has 0 unspecified atom stereocenters. The number of hydrogen-bond donors (Lipinski definition) is 2. The Morgan fingerprint density at radius 2 is 2.17 bits per heavy atom. The maximum Gasteiger partial charge on any atom is 0.262 e. The third kappa shape index (κ3) is 3.92. The predicted molar refractivity (Wildman–Crippen MR) is 86.1 cm³/mol. The summed E-state index contributed by atoms with van der Waals surface area (Å²) in [5.41, 5.74) is 1.12. The highest BCUT2D eigenvalue weighted by Gasteiger charge is 2.16. The first kappa shape index (κ1) is 15.2. The van der Waals surface area contributed by atoms with Crippen LogP contribution in [0.3, 0.4) is 0 Å². The van der Waals surface area contributed by atoms with Crippen molar-refractivity contribution in [2.75, 3.05) is 23.8 Å². The van der Waals surface area contributed by atoms with Gasteiger partial charge in [-0.05, 0) is 30.3 Å². The maximum absolute atomic E-state index is 11.9. The van der Waals surface area contributed by atoms with Crippen LogP contribution in [-0.4, -0.2) is 25.0 Å². The zero-order valence-electron chi connectivity index (χ0n) is 12.0. The van der Waals surface area contributed by atoms with Gasteiger partial charge < -0.3 is 20.1 Å². The molecule has 0 bridgehead atoms. The molecule has 2 amide bonds. The molecule has 3 rings (SSSR count). The van der Waals surface area contributed by atoms with E-state index >= 15 is 0 Å². The highest BCUT2D eigenvalue weighted by Crippen LogP contribution is 2.31. The average molecular weight is 333 g/mol. The van der Waals surface area contributed by atoms with Crippen molar-refractivity contribution >= 4 is 34.8 Å². The van der Waals surface area contributed by atoms with Crippen molar-refractivity contribution in [3.8, 4) is 11.5 Å². The van der Waals surface area contributed by atoms with Crippen molar-refractivity contribution in [2.45, 2.75) is 0 Å². The van der Waals surface area contributed by atoms with E-state index in [1.165, 1.54) is 0 Å². The van der Waals surface area contributed by atoms with E-state index in [-0.39, 0.29) is 25.0 Å². The topological polar surface area (TPSA) is 76.7 Å². The molecule has 1 heterocycles. The van der Waals surface area contributed by atoms with E-state index in [9.17, 15) is 9.59 Å². The number of nitrogens with one attached hydrogen (secondary N) is 2. The molecular weight excluding hydrogens is 320 g/mol. The van der Waals surface area contributed by atoms with Crippen molar-refractivity contribution in [1.29, 1.82) is 0 Å². The third-order valence-electron chi connectivity index (χ3n) is 3.06. The lowest BCUT2D eigenvalue weighted by molar-refractivity contribution is -0.119. The van der Waals surface area contributed by atoms with Gasteiger partial charge in [0.15, 0.2) is 13.2 Å². The van der Waals surface area contributed by atoms with Gasteiger partial charge in [-0.2, -0.15) is 0 Å². The second kappa shape index (κ2) is 6.58. The van der Waals surface area contributed by atoms with Gasteiger partial charge in [0.05, 0.1) is 5.69 Å². The highest BCUT2D eigenvalue weighted by molar-refractivity contribution is 6.30. The summed E-state index contributed by atoms with van der Waals surface area (Å²) in [6.45, 7) is -0.171. The van der Waals surface area contributed by atoms with Gasteiger partial charge in [0, 0.05) is 16.8 Å². The number of carbonyl (C=O) groups is 2. The van der Waals surface area contributed by atoms with Crippen LogP contribution < -0.4 is 20.1 Å². The molecule has 118 valence electrons. The Bertz CT molecular complexity index is 763. The van der Waals surface area contributed by atoms with E-state index < -0.39 is 0 Å². The van der Waals surface area contributed by atoms with Crippen molar-refractivity contribution < 1.29 is 19.1 Å². The molecule has 0 saturated heterocycles. The molecule has 1 aliphatic heterocycles. The van der Waals surface area contributed by atoms with Crippen LogP contribution in [0.15, 0.2) is 42.5 Å². The summed E-state index contributed by atoms with van der Waals surface area (Å²) in [7, 11) is 0. The Balaban J connectivity index is 1.59. The third-order valence-corrected chi connectivity index (χ3v) is 3.30. The van der Waals surface area contributed by atoms with Crippen LogP contribution in [0.25, 0.3) is 0 Å². The van der Waals surface area contributed by atoms with Crippen LogP contribution in [0.5, 0.6) is 11.5 Å². The van der Waals surface area contributed by atoms with Gasteiger partial charge in [-0.25, -0.2) is 0 Å². The minimum Gasteiger partial charge on any atom is -0.484 e. The van der Waals surface area contributed by atoms with Gasteiger partial charge in [-0.1, -0.05) is 17.7 Å². The molecule has 0 saturated carbocycles. The molecule has 7 heteroatoms. The number of anilines is 2. The lowest BCUT2D eigenvalue weighted by atomic mass is 10.2. The van der Waals surface area contributed by atoms with E-state index in [2.05, 4.69) is 10.6 Å². The molecule has 0 aliphatic carbocycles. The second-order valence-electron chi connectivity index (χ2n) is 4.84. The van der Waals surface area contributed by atoms with Gasteiger partial charge in [-0.3, -0.25) is 9.59 Å². The fourth-order valence-electron chi connectivity index (χ4n) is 2.06. The predicted octanol–water partition coefficient (Wildman–Crippen LogP) is 2.69. The Labute approximate surface area is 137 Å². The van der Waals surface area contributed by atoms with E-state index in [1.54, 1.807) is 42.5 Å². The van der Waals surface area contributed by atoms with Crippen LogP contribution in [-0.2, 0) is 9.59 Å². The zero-order valence-corrected chi connectivity index (χ0v) is 12.7. The fourth-order valence-corrected chi connectivity index (χ4v) is 2.25. The average Bonchev–Trinajstić information content (AvgIpc) is 2.52. The summed E-state index contributed by atoms with van der Waals surface area (Å²) in [5.74, 6) is 0.481. The monoisotopic (exact) mass is 332 g/mol. The minimum atomic E-state index is -0.315. The first-order chi connectivity index (χ1) is 11.1. The van der Waals surface area contributed by atoms with E-state index in [1.807, 2.05) is 0 Å². The smallest absolute Gasteiger partial charge is 0.262 e. The van der Waals surface area contributed by atoms with Crippen LogP contribution in [0.4, 0.5) is 11.4 Å². The number of hydrogen-bond acceptors (Lipinski definition) is 4. The first-order valence-corrected chi connectivity index (χ1v) is 7.23. The molecule has 0 fully saturated rings. The Morgan fingerprint density at radius 1 is 1.30 bits per heavy atom. The molecule has 1 aliphatic rings. The van der Waals surface area contributed by atoms with Gasteiger partial charge in [0.2, 0.25) is 0 Å². The lowest BCUT2D eigenvalue weighted by Gasteiger charge is -2.18. The standard InChI is InChI=1S/C16H13ClN2O4/c17-10-2-1-3-11(6-10)18-15(20)8-22-12-4-5-14-13(7-12)19-16(21)9-23-14/h1-7H,8-9H2,(H,18,20)(H,19,21). The van der Waals surface area contributed by atoms with Crippen LogP contribution >= 0.6 is 11.6 Å². The van der Waals surface area contributed by atoms with Crippen molar-refractivity contribution in [1.82, 2.24) is 0 Å². The minimum absolute atomic E-state index is 0.00472. The zero-order chi connectivity index (χ0) is 16.2. The fraction of sp³-hybridized carbons (Fsp3) is 0.125. The SMILES string of the molecule is O=C(COc1ccc2c(c1)NC(=O)CO2)Nc1cccc(Cl)c1. The number of benzene rings is 2. The van der Waals surface area contributed by atoms with Crippen molar-refractivity contribution in [2.24, 2.45) is 0 Å². The quantitative estimate of drug-likeness (QED) is 0.902. The Kier molecular flexibility index (Phi) is 4.34. The molecule has 6 nitrogen and oxygen atoms in total. The number of carbonyl (C=O) groups excluding carboxylic acids is 2. The molecule has 0 radical (unpaired) electrons. The molecule has 2 aromatic carbocycles. The molecule has 0 spiro atoms. The van der Waals surface area contributed by atoms with Crippen molar-refractivity contribution in [3.63, 3.8) is 0 Å². The summed E-state index contributed by atoms with van der Waals surface area (Å²) in [4.78, 5) is 23.1. The number of halogens is 1. The van der Waals surface area contributed by atoms with Gasteiger partial charge in [0.1, 0.15) is 11.5 Å². The summed E-state index contributed by atoms with van der Waals surface area (Å²) < 4.78 is 10.7. The molecule has 0 aromatic heterocycles. The normalized spacial score (nSPS) is 12.7. The number of amides is 2. The van der Waals surface area contributed by atoms with Gasteiger partial charge >= 0.3 is 0 Å². The molecule has 23 heavy (non-hydrogen) atoms. The number of ether oxygens (including phenoxy) is 2. The summed E-state index contributed by atoms with van der Waals surface area (Å²) >= 11 is 5.85. The van der Waals surface area contributed by atoms with Crippen molar-refractivity contribution in [3.05, 3.63) is 47.5 Å². The van der Waals surface area contributed by atoms with Crippen LogP contribution in [0.1, 0.15) is 0 Å². The van der Waals surface area contributed by atoms with Gasteiger partial charge in [-0.15, -0.1) is 0 Å². The Morgan fingerprint density at radius 3 is 3.00 bits per heavy atom. The van der Waals surface area contributed by atoms with Crippen LogP contribution in [0, 0.1) is 0 Å². The highest BCUT2D eigenvalue weighted by atomic mass is 35.5. The lowest BCUT2D eigenvalue weighted by Crippen LogP contribution is -2.25. The molecular formula is C16H13ClN2O4. The summed E-state index contributed by atoms with van der Waals surface area (Å²) in [6, 6.07) is 11.8. The van der Waals surface area contributed by atoms with E-state index in [0.717, 1.165) is 0 Å². The summed E-state index contributed by atoms with van der Waals surface area (Å²) in [6.07, 6.45) is 0. The number of fused-ring (bicyclic) bond motifs is 1. The molecule has 0 atom stereocenters. The van der Waals surface area contributed by atoms with E-state index in [0.29, 0.717) is 27.9 Å². The molecule has 2 N–H and O–H groups in total.